The maximum Gasteiger partial charge on any atom is 0.130 e. The van der Waals surface area contributed by atoms with E-state index in [0.717, 1.165) is 12.2 Å². The summed E-state index contributed by atoms with van der Waals surface area (Å²) in [4.78, 5) is 4.24. The van der Waals surface area contributed by atoms with E-state index in [-0.39, 0.29) is 5.41 Å². The summed E-state index contributed by atoms with van der Waals surface area (Å²) in [6, 6.07) is 13.1. The van der Waals surface area contributed by atoms with Crippen LogP contribution in [0.25, 0.3) is 0 Å². The van der Waals surface area contributed by atoms with Crippen LogP contribution in [0, 0.1) is 12.8 Å². The highest BCUT2D eigenvalue weighted by molar-refractivity contribution is 7.56. The monoisotopic (exact) mass is 405 g/mol. The zero-order chi connectivity index (χ0) is 20.9. The summed E-state index contributed by atoms with van der Waals surface area (Å²) in [5.41, 5.74) is 3.77. The van der Waals surface area contributed by atoms with E-state index in [9.17, 15) is 0 Å². The molecule has 0 heterocycles. The number of hydrogen-bond acceptors (Lipinski definition) is 2. The molecular weight excluding hydrogens is 373 g/mol. The number of aryl methyl sites for hydroxylation is 1. The van der Waals surface area contributed by atoms with Gasteiger partial charge in [-0.3, -0.25) is 4.99 Å². The first kappa shape index (κ1) is 21.5. The van der Waals surface area contributed by atoms with Crippen molar-refractivity contribution in [3.05, 3.63) is 77.4 Å². The van der Waals surface area contributed by atoms with Gasteiger partial charge in [-0.1, -0.05) is 84.0 Å². The lowest BCUT2D eigenvalue weighted by atomic mass is 9.85. The van der Waals surface area contributed by atoms with Crippen molar-refractivity contribution in [1.29, 1.82) is 0 Å². The topological polar surface area (TPSA) is 21.6 Å². The summed E-state index contributed by atoms with van der Waals surface area (Å²) >= 11 is 0. The normalized spacial score (nSPS) is 16.9. The standard InChI is InChI=1S/C26H32NOP/c1-19-15-22(26(2,3)4)25(28-18-20-11-7-6-8-12-20)24(16-19)29-23-14-10-9-13-21(23)17-27-5/h6-11,13-17,20,29H,12,18H2,1-5H3. The Morgan fingerprint density at radius 1 is 1.14 bits per heavy atom. The second-order valence-electron chi connectivity index (χ2n) is 8.66. The zero-order valence-electron chi connectivity index (χ0n) is 18.2. The van der Waals surface area contributed by atoms with Crippen LogP contribution in [0.1, 0.15) is 43.9 Å². The van der Waals surface area contributed by atoms with Crippen molar-refractivity contribution in [1.82, 2.24) is 0 Å². The average molecular weight is 406 g/mol. The van der Waals surface area contributed by atoms with Gasteiger partial charge in [-0.15, -0.1) is 0 Å². The van der Waals surface area contributed by atoms with Crippen molar-refractivity contribution in [2.45, 2.75) is 39.5 Å². The number of rotatable bonds is 6. The van der Waals surface area contributed by atoms with E-state index in [2.05, 4.69) is 93.4 Å². The lowest BCUT2D eigenvalue weighted by Crippen LogP contribution is -2.22. The lowest BCUT2D eigenvalue weighted by molar-refractivity contribution is 0.271. The molecule has 0 aliphatic heterocycles. The van der Waals surface area contributed by atoms with E-state index in [1.54, 1.807) is 0 Å². The van der Waals surface area contributed by atoms with E-state index in [0.29, 0.717) is 21.1 Å². The van der Waals surface area contributed by atoms with Crippen molar-refractivity contribution >= 4 is 25.4 Å². The van der Waals surface area contributed by atoms with E-state index in [1.165, 1.54) is 27.3 Å². The molecule has 0 spiro atoms. The van der Waals surface area contributed by atoms with Crippen LogP contribution in [0.4, 0.5) is 0 Å². The van der Waals surface area contributed by atoms with Gasteiger partial charge >= 0.3 is 0 Å². The lowest BCUT2D eigenvalue weighted by Gasteiger charge is -2.27. The zero-order valence-corrected chi connectivity index (χ0v) is 19.2. The summed E-state index contributed by atoms with van der Waals surface area (Å²) in [6.07, 6.45) is 11.7. The molecule has 152 valence electrons. The molecule has 0 radical (unpaired) electrons. The minimum Gasteiger partial charge on any atom is -0.492 e. The smallest absolute Gasteiger partial charge is 0.130 e. The molecular formula is C26H32NOP. The van der Waals surface area contributed by atoms with Crippen molar-refractivity contribution in [3.63, 3.8) is 0 Å². The van der Waals surface area contributed by atoms with Crippen LogP contribution < -0.4 is 15.3 Å². The van der Waals surface area contributed by atoms with Crippen LogP contribution in [0.2, 0.25) is 0 Å². The summed E-state index contributed by atoms with van der Waals surface area (Å²) in [7, 11) is 2.35. The van der Waals surface area contributed by atoms with Crippen LogP contribution >= 0.6 is 8.58 Å². The number of benzene rings is 2. The molecule has 0 saturated carbocycles. The Hall–Kier alpha value is -2.18. The van der Waals surface area contributed by atoms with Gasteiger partial charge in [0.1, 0.15) is 5.75 Å². The van der Waals surface area contributed by atoms with Crippen LogP contribution in [0.3, 0.4) is 0 Å². The molecule has 2 aromatic carbocycles. The molecule has 2 unspecified atom stereocenters. The van der Waals surface area contributed by atoms with E-state index < -0.39 is 0 Å². The van der Waals surface area contributed by atoms with Gasteiger partial charge < -0.3 is 4.74 Å². The largest absolute Gasteiger partial charge is 0.492 e. The fourth-order valence-corrected chi connectivity index (χ4v) is 4.91. The van der Waals surface area contributed by atoms with Gasteiger partial charge in [0.05, 0.1) is 6.61 Å². The Kier molecular flexibility index (Phi) is 7.09. The molecule has 3 rings (SSSR count). The number of allylic oxidation sites excluding steroid dienone is 3. The maximum atomic E-state index is 6.55. The first-order valence-electron chi connectivity index (χ1n) is 10.3. The van der Waals surface area contributed by atoms with Crippen molar-refractivity contribution in [2.75, 3.05) is 13.7 Å². The summed E-state index contributed by atoms with van der Waals surface area (Å²) < 4.78 is 6.55. The van der Waals surface area contributed by atoms with Crippen LogP contribution in [-0.2, 0) is 5.41 Å². The molecule has 0 saturated heterocycles. The molecule has 3 heteroatoms. The summed E-state index contributed by atoms with van der Waals surface area (Å²) in [5, 5.41) is 2.58. The van der Waals surface area contributed by atoms with Crippen molar-refractivity contribution < 1.29 is 4.74 Å². The highest BCUT2D eigenvalue weighted by Crippen LogP contribution is 2.35. The Labute approximate surface area is 177 Å². The molecule has 0 fully saturated rings. The predicted molar refractivity (Wildman–Crippen MR) is 129 cm³/mol. The van der Waals surface area contributed by atoms with Crippen LogP contribution in [0.15, 0.2) is 65.7 Å². The highest BCUT2D eigenvalue weighted by Gasteiger charge is 2.23. The van der Waals surface area contributed by atoms with Crippen molar-refractivity contribution in [3.8, 4) is 5.75 Å². The third kappa shape index (κ3) is 5.67. The number of ether oxygens (including phenoxy) is 1. The first-order valence-corrected chi connectivity index (χ1v) is 11.3. The Morgan fingerprint density at radius 3 is 2.62 bits per heavy atom. The third-order valence-corrected chi connectivity index (χ3v) is 6.42. The van der Waals surface area contributed by atoms with Gasteiger partial charge in [0.25, 0.3) is 0 Å². The number of aliphatic imine (C=N–C) groups is 1. The van der Waals surface area contributed by atoms with Gasteiger partial charge in [0.2, 0.25) is 0 Å². The summed E-state index contributed by atoms with van der Waals surface area (Å²) in [5.74, 6) is 1.50. The second kappa shape index (κ2) is 9.55. The minimum absolute atomic E-state index is 0.0211. The molecule has 1 aliphatic rings. The molecule has 1 aliphatic carbocycles. The second-order valence-corrected chi connectivity index (χ2v) is 9.99. The van der Waals surface area contributed by atoms with Crippen LogP contribution in [0.5, 0.6) is 5.75 Å². The Morgan fingerprint density at radius 2 is 1.93 bits per heavy atom. The fraction of sp³-hybridized carbons (Fsp3) is 0.346. The average Bonchev–Trinajstić information content (AvgIpc) is 2.68. The molecule has 0 aromatic heterocycles. The fourth-order valence-electron chi connectivity index (χ4n) is 3.53. The molecule has 0 amide bonds. The van der Waals surface area contributed by atoms with E-state index in [4.69, 9.17) is 4.74 Å². The maximum absolute atomic E-state index is 6.55. The van der Waals surface area contributed by atoms with Gasteiger partial charge in [0, 0.05) is 30.0 Å². The van der Waals surface area contributed by atoms with E-state index >= 15 is 0 Å². The SMILES string of the molecule is CN=Cc1ccccc1Pc1cc(C)cc(C(C)(C)C)c1OCC1C=CC=CC1. The highest BCUT2D eigenvalue weighted by atomic mass is 31.1. The first-order chi connectivity index (χ1) is 13.9. The van der Waals surface area contributed by atoms with Gasteiger partial charge in [-0.05, 0) is 41.3 Å². The quantitative estimate of drug-likeness (QED) is 0.461. The molecule has 0 bridgehead atoms. The molecule has 29 heavy (non-hydrogen) atoms. The van der Waals surface area contributed by atoms with Gasteiger partial charge in [-0.2, -0.15) is 0 Å². The van der Waals surface area contributed by atoms with Crippen LogP contribution in [-0.4, -0.2) is 19.9 Å². The molecule has 0 N–H and O–H groups in total. The Balaban J connectivity index is 1.99. The molecule has 2 nitrogen and oxygen atoms in total. The molecule has 2 atom stereocenters. The predicted octanol–water partition coefficient (Wildman–Crippen LogP) is 5.48. The van der Waals surface area contributed by atoms with Gasteiger partial charge in [-0.25, -0.2) is 0 Å². The van der Waals surface area contributed by atoms with Crippen molar-refractivity contribution in [2.24, 2.45) is 10.9 Å². The molecule has 2 aromatic rings. The van der Waals surface area contributed by atoms with E-state index in [1.807, 2.05) is 13.3 Å². The summed E-state index contributed by atoms with van der Waals surface area (Å²) in [6.45, 7) is 9.69. The number of hydrogen-bond donors (Lipinski definition) is 0. The number of nitrogens with zero attached hydrogens (tertiary/aromatic N) is 1. The Bertz CT molecular complexity index is 934. The minimum atomic E-state index is 0.0211. The van der Waals surface area contributed by atoms with Gasteiger partial charge in [0.15, 0.2) is 0 Å². The third-order valence-electron chi connectivity index (χ3n) is 5.05.